The van der Waals surface area contributed by atoms with Crippen LogP contribution in [0.3, 0.4) is 0 Å². The first-order valence-corrected chi connectivity index (χ1v) is 8.72. The monoisotopic (exact) mass is 292 g/mol. The van der Waals surface area contributed by atoms with Crippen molar-refractivity contribution in [1.29, 1.82) is 0 Å². The van der Waals surface area contributed by atoms with Gasteiger partial charge in [-0.1, -0.05) is 48.9 Å². The van der Waals surface area contributed by atoms with Crippen molar-refractivity contribution in [2.24, 2.45) is 0 Å². The Labute approximate surface area is 120 Å². The molecular weight excluding hydrogens is 272 g/mol. The predicted molar refractivity (Wildman–Crippen MR) is 82.4 cm³/mol. The molecule has 0 unspecified atom stereocenters. The van der Waals surface area contributed by atoms with E-state index in [-0.39, 0.29) is 18.1 Å². The van der Waals surface area contributed by atoms with E-state index in [1.165, 1.54) is 0 Å². The lowest BCUT2D eigenvalue weighted by atomic mass is 10.1. The zero-order valence-corrected chi connectivity index (χ0v) is 12.3. The number of aliphatic hydroxyl groups is 1. The van der Waals surface area contributed by atoms with Crippen molar-refractivity contribution in [3.63, 3.8) is 0 Å². The Morgan fingerprint density at radius 3 is 2.45 bits per heavy atom. The highest BCUT2D eigenvalue weighted by Gasteiger charge is 2.13. The Hall–Kier alpha value is -1.39. The van der Waals surface area contributed by atoms with E-state index >= 15 is 0 Å². The van der Waals surface area contributed by atoms with Gasteiger partial charge in [-0.3, -0.25) is 0 Å². The summed E-state index contributed by atoms with van der Waals surface area (Å²) >= 11 is 0. The molecule has 2 rings (SSSR count). The molecule has 0 aromatic heterocycles. The third kappa shape index (κ3) is 4.05. The van der Waals surface area contributed by atoms with E-state index in [0.717, 1.165) is 22.8 Å². The van der Waals surface area contributed by atoms with Crippen LogP contribution in [-0.2, 0) is 15.6 Å². The molecule has 2 aromatic rings. The summed E-state index contributed by atoms with van der Waals surface area (Å²) in [6.07, 6.45) is 2.04. The first kappa shape index (κ1) is 15.0. The van der Waals surface area contributed by atoms with Gasteiger partial charge in [-0.25, -0.2) is 8.42 Å². The Kier molecular flexibility index (Phi) is 5.15. The number of sulfone groups is 1. The summed E-state index contributed by atoms with van der Waals surface area (Å²) in [6, 6.07) is 13.6. The molecule has 4 heteroatoms. The highest BCUT2D eigenvalue weighted by molar-refractivity contribution is 7.90. The number of hydrogen-bond acceptors (Lipinski definition) is 3. The van der Waals surface area contributed by atoms with Crippen LogP contribution in [0.25, 0.3) is 10.8 Å². The van der Waals surface area contributed by atoms with E-state index in [1.54, 1.807) is 0 Å². The molecule has 0 atom stereocenters. The van der Waals surface area contributed by atoms with Gasteiger partial charge in [0.15, 0.2) is 9.84 Å². The molecule has 0 radical (unpaired) electrons. The molecule has 2 aromatic carbocycles. The SMILES string of the molecule is O=S(=O)(CCCCCO)Cc1cccc2ccccc12. The number of hydrogen-bond donors (Lipinski definition) is 1. The first-order chi connectivity index (χ1) is 9.62. The summed E-state index contributed by atoms with van der Waals surface area (Å²) < 4.78 is 24.3. The van der Waals surface area contributed by atoms with Gasteiger partial charge in [-0.2, -0.15) is 0 Å². The number of fused-ring (bicyclic) bond motifs is 1. The van der Waals surface area contributed by atoms with E-state index < -0.39 is 9.84 Å². The second kappa shape index (κ2) is 6.86. The topological polar surface area (TPSA) is 54.4 Å². The molecule has 0 heterocycles. The molecular formula is C16H20O3S. The van der Waals surface area contributed by atoms with Gasteiger partial charge in [0.05, 0.1) is 11.5 Å². The van der Waals surface area contributed by atoms with Crippen molar-refractivity contribution in [2.45, 2.75) is 25.0 Å². The average Bonchev–Trinajstić information content (AvgIpc) is 2.44. The van der Waals surface area contributed by atoms with Gasteiger partial charge in [0.1, 0.15) is 0 Å². The second-order valence-electron chi connectivity index (χ2n) is 5.01. The molecule has 0 saturated carbocycles. The zero-order chi connectivity index (χ0) is 14.4. The molecule has 0 amide bonds. The molecule has 0 aliphatic rings. The predicted octanol–water partition coefficient (Wildman–Crippen LogP) is 2.92. The van der Waals surface area contributed by atoms with E-state index in [9.17, 15) is 8.42 Å². The van der Waals surface area contributed by atoms with Crippen LogP contribution in [0.15, 0.2) is 42.5 Å². The Morgan fingerprint density at radius 1 is 0.900 bits per heavy atom. The maximum atomic E-state index is 12.1. The van der Waals surface area contributed by atoms with Crippen LogP contribution in [0.5, 0.6) is 0 Å². The standard InChI is InChI=1S/C16H20O3S/c17-11-4-1-5-12-20(18,19)13-15-9-6-8-14-7-2-3-10-16(14)15/h2-3,6-10,17H,1,4-5,11-13H2. The Balaban J connectivity index is 2.11. The molecule has 0 aliphatic heterocycles. The van der Waals surface area contributed by atoms with Gasteiger partial charge in [-0.05, 0) is 29.2 Å². The van der Waals surface area contributed by atoms with E-state index in [4.69, 9.17) is 5.11 Å². The summed E-state index contributed by atoms with van der Waals surface area (Å²) in [5, 5.41) is 10.8. The van der Waals surface area contributed by atoms with Crippen molar-refractivity contribution in [1.82, 2.24) is 0 Å². The number of aliphatic hydroxyl groups excluding tert-OH is 1. The van der Waals surface area contributed by atoms with Crippen LogP contribution in [0, 0.1) is 0 Å². The van der Waals surface area contributed by atoms with E-state index in [2.05, 4.69) is 0 Å². The number of unbranched alkanes of at least 4 members (excludes halogenated alkanes) is 2. The minimum atomic E-state index is -3.09. The molecule has 108 valence electrons. The lowest BCUT2D eigenvalue weighted by molar-refractivity contribution is 0.284. The summed E-state index contributed by atoms with van der Waals surface area (Å²) in [5.41, 5.74) is 0.866. The molecule has 1 N–H and O–H groups in total. The van der Waals surface area contributed by atoms with Crippen molar-refractivity contribution in [2.75, 3.05) is 12.4 Å². The smallest absolute Gasteiger partial charge is 0.154 e. The summed E-state index contributed by atoms with van der Waals surface area (Å²) in [6.45, 7) is 0.128. The van der Waals surface area contributed by atoms with Crippen LogP contribution < -0.4 is 0 Å². The van der Waals surface area contributed by atoms with Crippen LogP contribution in [0.2, 0.25) is 0 Å². The van der Waals surface area contributed by atoms with Gasteiger partial charge in [0.2, 0.25) is 0 Å². The van der Waals surface area contributed by atoms with E-state index in [1.807, 2.05) is 42.5 Å². The highest BCUT2D eigenvalue weighted by Crippen LogP contribution is 2.21. The zero-order valence-electron chi connectivity index (χ0n) is 11.5. The van der Waals surface area contributed by atoms with Crippen LogP contribution >= 0.6 is 0 Å². The average molecular weight is 292 g/mol. The van der Waals surface area contributed by atoms with Crippen molar-refractivity contribution < 1.29 is 13.5 Å². The number of rotatable bonds is 7. The van der Waals surface area contributed by atoms with Gasteiger partial charge < -0.3 is 5.11 Å². The second-order valence-corrected chi connectivity index (χ2v) is 7.20. The van der Waals surface area contributed by atoms with Crippen LogP contribution in [0.4, 0.5) is 0 Å². The molecule has 0 aliphatic carbocycles. The Bertz CT molecular complexity index is 657. The lowest BCUT2D eigenvalue weighted by Crippen LogP contribution is -2.09. The fourth-order valence-corrected chi connectivity index (χ4v) is 3.85. The third-order valence-electron chi connectivity index (χ3n) is 3.37. The Morgan fingerprint density at radius 2 is 1.65 bits per heavy atom. The van der Waals surface area contributed by atoms with Gasteiger partial charge in [0, 0.05) is 6.61 Å². The summed E-state index contributed by atoms with van der Waals surface area (Å²) in [7, 11) is -3.09. The molecule has 0 saturated heterocycles. The molecule has 3 nitrogen and oxygen atoms in total. The van der Waals surface area contributed by atoms with Crippen molar-refractivity contribution >= 4 is 20.6 Å². The third-order valence-corrected chi connectivity index (χ3v) is 5.03. The first-order valence-electron chi connectivity index (χ1n) is 6.90. The highest BCUT2D eigenvalue weighted by atomic mass is 32.2. The van der Waals surface area contributed by atoms with E-state index in [0.29, 0.717) is 12.8 Å². The maximum absolute atomic E-state index is 12.1. The summed E-state index contributed by atoms with van der Waals surface area (Å²) in [5.74, 6) is 0.281. The minimum absolute atomic E-state index is 0.0908. The maximum Gasteiger partial charge on any atom is 0.154 e. The fraction of sp³-hybridized carbons (Fsp3) is 0.375. The largest absolute Gasteiger partial charge is 0.396 e. The molecule has 20 heavy (non-hydrogen) atoms. The molecule has 0 spiro atoms. The van der Waals surface area contributed by atoms with Crippen LogP contribution in [0.1, 0.15) is 24.8 Å². The minimum Gasteiger partial charge on any atom is -0.396 e. The molecule has 0 fully saturated rings. The number of benzene rings is 2. The quantitative estimate of drug-likeness (QED) is 0.798. The van der Waals surface area contributed by atoms with Crippen molar-refractivity contribution in [3.8, 4) is 0 Å². The van der Waals surface area contributed by atoms with Crippen LogP contribution in [-0.4, -0.2) is 25.9 Å². The van der Waals surface area contributed by atoms with Gasteiger partial charge in [0.25, 0.3) is 0 Å². The van der Waals surface area contributed by atoms with Gasteiger partial charge in [-0.15, -0.1) is 0 Å². The molecule has 0 bridgehead atoms. The fourth-order valence-electron chi connectivity index (χ4n) is 2.34. The van der Waals surface area contributed by atoms with Crippen molar-refractivity contribution in [3.05, 3.63) is 48.0 Å². The van der Waals surface area contributed by atoms with Gasteiger partial charge >= 0.3 is 0 Å². The normalized spacial score (nSPS) is 11.8. The summed E-state index contributed by atoms with van der Waals surface area (Å²) in [4.78, 5) is 0. The lowest BCUT2D eigenvalue weighted by Gasteiger charge is -2.08.